The summed E-state index contributed by atoms with van der Waals surface area (Å²) < 4.78 is 10.7. The van der Waals surface area contributed by atoms with Crippen molar-refractivity contribution in [1.29, 1.82) is 0 Å². The van der Waals surface area contributed by atoms with Gasteiger partial charge in [-0.25, -0.2) is 4.98 Å². The molecule has 0 amide bonds. The van der Waals surface area contributed by atoms with Crippen molar-refractivity contribution >= 4 is 12.4 Å². The van der Waals surface area contributed by atoms with E-state index in [9.17, 15) is 0 Å². The highest BCUT2D eigenvalue weighted by Crippen LogP contribution is 2.20. The number of nitrogens with one attached hydrogen (secondary N) is 1. The lowest BCUT2D eigenvalue weighted by atomic mass is 10.1. The van der Waals surface area contributed by atoms with Crippen molar-refractivity contribution in [1.82, 2.24) is 10.3 Å². The van der Waals surface area contributed by atoms with Gasteiger partial charge < -0.3 is 14.8 Å². The maximum absolute atomic E-state index is 5.62. The van der Waals surface area contributed by atoms with Gasteiger partial charge in [-0.15, -0.1) is 12.4 Å². The monoisotopic (exact) mass is 230 g/mol. The van der Waals surface area contributed by atoms with Gasteiger partial charge in [-0.2, -0.15) is 0 Å². The zero-order valence-electron chi connectivity index (χ0n) is 8.60. The molecular formula is C10H15ClN2O2. The van der Waals surface area contributed by atoms with E-state index in [4.69, 9.17) is 9.47 Å². The van der Waals surface area contributed by atoms with E-state index in [2.05, 4.69) is 10.3 Å². The minimum atomic E-state index is 0. The first-order valence-corrected chi connectivity index (χ1v) is 4.72. The molecule has 0 bridgehead atoms. The molecule has 0 saturated carbocycles. The third kappa shape index (κ3) is 3.06. The van der Waals surface area contributed by atoms with Gasteiger partial charge in [0.05, 0.1) is 19.8 Å². The van der Waals surface area contributed by atoms with Crippen molar-refractivity contribution in [2.75, 3.05) is 26.8 Å². The number of methoxy groups -OCH3 is 1. The SMILES string of the molecule is COc1cc(C2CNCCO2)ccn1.Cl. The number of hydrogen-bond donors (Lipinski definition) is 1. The van der Waals surface area contributed by atoms with Crippen LogP contribution in [0.15, 0.2) is 18.3 Å². The first-order valence-electron chi connectivity index (χ1n) is 4.72. The minimum Gasteiger partial charge on any atom is -0.481 e. The normalized spacial score (nSPS) is 20.5. The van der Waals surface area contributed by atoms with Crippen molar-refractivity contribution in [2.45, 2.75) is 6.10 Å². The van der Waals surface area contributed by atoms with Crippen LogP contribution in [0.4, 0.5) is 0 Å². The summed E-state index contributed by atoms with van der Waals surface area (Å²) in [5.74, 6) is 0.636. The van der Waals surface area contributed by atoms with Crippen molar-refractivity contribution < 1.29 is 9.47 Å². The van der Waals surface area contributed by atoms with Crippen molar-refractivity contribution in [3.8, 4) is 5.88 Å². The highest BCUT2D eigenvalue weighted by molar-refractivity contribution is 5.85. The lowest BCUT2D eigenvalue weighted by Gasteiger charge is -2.23. The van der Waals surface area contributed by atoms with Crippen LogP contribution in [0.25, 0.3) is 0 Å². The zero-order valence-corrected chi connectivity index (χ0v) is 9.42. The van der Waals surface area contributed by atoms with Gasteiger partial charge in [0, 0.05) is 25.4 Å². The van der Waals surface area contributed by atoms with Gasteiger partial charge in [-0.3, -0.25) is 0 Å². The molecular weight excluding hydrogens is 216 g/mol. The predicted molar refractivity (Wildman–Crippen MR) is 59.6 cm³/mol. The summed E-state index contributed by atoms with van der Waals surface area (Å²) in [7, 11) is 1.62. The molecule has 1 fully saturated rings. The molecule has 1 atom stereocenters. The van der Waals surface area contributed by atoms with E-state index in [0.717, 1.165) is 25.3 Å². The van der Waals surface area contributed by atoms with Gasteiger partial charge in [0.25, 0.3) is 0 Å². The molecule has 2 rings (SSSR count). The summed E-state index contributed by atoms with van der Waals surface area (Å²) in [6, 6.07) is 3.87. The largest absolute Gasteiger partial charge is 0.481 e. The fourth-order valence-electron chi connectivity index (χ4n) is 1.52. The number of hydrogen-bond acceptors (Lipinski definition) is 4. The number of pyridine rings is 1. The van der Waals surface area contributed by atoms with E-state index < -0.39 is 0 Å². The standard InChI is InChI=1S/C10H14N2O2.ClH/c1-13-10-6-8(2-3-12-10)9-7-11-4-5-14-9;/h2-3,6,9,11H,4-5,7H2,1H3;1H. The molecule has 1 aromatic heterocycles. The first kappa shape index (κ1) is 12.2. The molecule has 1 aliphatic rings. The van der Waals surface area contributed by atoms with Crippen LogP contribution in [0, 0.1) is 0 Å². The Bertz CT molecular complexity index is 303. The van der Waals surface area contributed by atoms with Gasteiger partial charge in [0.2, 0.25) is 5.88 Å². The quantitative estimate of drug-likeness (QED) is 0.829. The van der Waals surface area contributed by atoms with Crippen LogP contribution in [-0.4, -0.2) is 31.8 Å². The van der Waals surface area contributed by atoms with Crippen LogP contribution in [0.2, 0.25) is 0 Å². The lowest BCUT2D eigenvalue weighted by Crippen LogP contribution is -2.33. The summed E-state index contributed by atoms with van der Waals surface area (Å²) in [5, 5.41) is 3.28. The van der Waals surface area contributed by atoms with Crippen molar-refractivity contribution in [3.05, 3.63) is 23.9 Å². The molecule has 0 aromatic carbocycles. The fraction of sp³-hybridized carbons (Fsp3) is 0.500. The third-order valence-corrected chi connectivity index (χ3v) is 2.27. The number of aromatic nitrogens is 1. The molecule has 5 heteroatoms. The number of morpholine rings is 1. The second-order valence-electron chi connectivity index (χ2n) is 3.20. The van der Waals surface area contributed by atoms with Crippen molar-refractivity contribution in [2.24, 2.45) is 0 Å². The van der Waals surface area contributed by atoms with Gasteiger partial charge in [0.15, 0.2) is 0 Å². The maximum atomic E-state index is 5.62. The molecule has 1 aliphatic heterocycles. The fourth-order valence-corrected chi connectivity index (χ4v) is 1.52. The highest BCUT2D eigenvalue weighted by atomic mass is 35.5. The summed E-state index contributed by atoms with van der Waals surface area (Å²) >= 11 is 0. The minimum absolute atomic E-state index is 0. The lowest BCUT2D eigenvalue weighted by molar-refractivity contribution is 0.0275. The number of nitrogens with zero attached hydrogens (tertiary/aromatic N) is 1. The molecule has 15 heavy (non-hydrogen) atoms. The molecule has 0 aliphatic carbocycles. The zero-order chi connectivity index (χ0) is 9.80. The number of halogens is 1. The van der Waals surface area contributed by atoms with Crippen LogP contribution < -0.4 is 10.1 Å². The van der Waals surface area contributed by atoms with Crippen LogP contribution in [0.5, 0.6) is 5.88 Å². The average molecular weight is 231 g/mol. The van der Waals surface area contributed by atoms with Gasteiger partial charge >= 0.3 is 0 Å². The number of ether oxygens (including phenoxy) is 2. The molecule has 4 nitrogen and oxygen atoms in total. The molecule has 84 valence electrons. The smallest absolute Gasteiger partial charge is 0.213 e. The molecule has 0 radical (unpaired) electrons. The maximum Gasteiger partial charge on any atom is 0.213 e. The van der Waals surface area contributed by atoms with Crippen LogP contribution in [-0.2, 0) is 4.74 Å². The molecule has 0 spiro atoms. The highest BCUT2D eigenvalue weighted by Gasteiger charge is 2.15. The van der Waals surface area contributed by atoms with Gasteiger partial charge in [-0.1, -0.05) is 0 Å². The summed E-state index contributed by atoms with van der Waals surface area (Å²) in [4.78, 5) is 4.05. The Kier molecular flexibility index (Phi) is 4.81. The van der Waals surface area contributed by atoms with Crippen LogP contribution in [0.1, 0.15) is 11.7 Å². The van der Waals surface area contributed by atoms with Gasteiger partial charge in [-0.05, 0) is 11.6 Å². The molecule has 2 heterocycles. The third-order valence-electron chi connectivity index (χ3n) is 2.27. The molecule has 1 saturated heterocycles. The van der Waals surface area contributed by atoms with Crippen LogP contribution >= 0.6 is 12.4 Å². The summed E-state index contributed by atoms with van der Waals surface area (Å²) in [6.07, 6.45) is 1.87. The number of rotatable bonds is 2. The first-order chi connectivity index (χ1) is 6.90. The second-order valence-corrected chi connectivity index (χ2v) is 3.20. The Morgan fingerprint density at radius 1 is 1.60 bits per heavy atom. The predicted octanol–water partition coefficient (Wildman–Crippen LogP) is 1.17. The Hall–Kier alpha value is -0.840. The Morgan fingerprint density at radius 2 is 2.47 bits per heavy atom. The van der Waals surface area contributed by atoms with E-state index in [0.29, 0.717) is 5.88 Å². The second kappa shape index (κ2) is 5.90. The molecule has 1 aromatic rings. The molecule has 1 N–H and O–H groups in total. The Balaban J connectivity index is 0.00000112. The Morgan fingerprint density at radius 3 is 3.13 bits per heavy atom. The van der Waals surface area contributed by atoms with Crippen LogP contribution in [0.3, 0.4) is 0 Å². The van der Waals surface area contributed by atoms with E-state index in [1.807, 2.05) is 12.1 Å². The molecule has 1 unspecified atom stereocenters. The van der Waals surface area contributed by atoms with E-state index in [1.165, 1.54) is 0 Å². The average Bonchev–Trinajstić information content (AvgIpc) is 2.30. The van der Waals surface area contributed by atoms with Gasteiger partial charge in [0.1, 0.15) is 0 Å². The topological polar surface area (TPSA) is 43.4 Å². The summed E-state index contributed by atoms with van der Waals surface area (Å²) in [6.45, 7) is 2.54. The van der Waals surface area contributed by atoms with Crippen molar-refractivity contribution in [3.63, 3.8) is 0 Å². The van der Waals surface area contributed by atoms with E-state index in [-0.39, 0.29) is 18.5 Å². The van der Waals surface area contributed by atoms with E-state index in [1.54, 1.807) is 13.3 Å². The summed E-state index contributed by atoms with van der Waals surface area (Å²) in [5.41, 5.74) is 1.11. The Labute approximate surface area is 95.4 Å². The van der Waals surface area contributed by atoms with E-state index >= 15 is 0 Å².